The van der Waals surface area contributed by atoms with Gasteiger partial charge in [0.1, 0.15) is 11.5 Å². The Labute approximate surface area is 197 Å². The van der Waals surface area contributed by atoms with Crippen LogP contribution < -0.4 is 0 Å². The fourth-order valence-electron chi connectivity index (χ4n) is 4.93. The average molecular weight is 455 g/mol. The number of pyridine rings is 1. The van der Waals surface area contributed by atoms with Gasteiger partial charge in [0.25, 0.3) is 11.8 Å². The van der Waals surface area contributed by atoms with E-state index in [1.54, 1.807) is 12.4 Å². The van der Waals surface area contributed by atoms with Crippen LogP contribution in [-0.2, 0) is 0 Å². The smallest absolute Gasteiger partial charge is 0.270 e. The number of benzene rings is 1. The van der Waals surface area contributed by atoms with Gasteiger partial charge >= 0.3 is 0 Å². The Hall–Kier alpha value is -3.91. The summed E-state index contributed by atoms with van der Waals surface area (Å²) < 4.78 is 2.03. The quantitative estimate of drug-likeness (QED) is 0.514. The Morgan fingerprint density at radius 3 is 2.47 bits per heavy atom. The highest BCUT2D eigenvalue weighted by atomic mass is 16.2. The molecule has 0 saturated carbocycles. The van der Waals surface area contributed by atoms with Gasteiger partial charge in [0.15, 0.2) is 0 Å². The standard InChI is InChI=1S/C26H26N6O2/c33-25(20-6-7-23-19(16-20)8-11-32(23)24-5-1-2-9-28-24)31-17-21(18-31)29-12-14-30(15-13-29)26(34)22-4-3-10-27-22/h1-11,16,21,27H,12-15,17-18H2. The molecule has 1 aromatic carbocycles. The molecular formula is C26H26N6O2. The van der Waals surface area contributed by atoms with E-state index >= 15 is 0 Å². The summed E-state index contributed by atoms with van der Waals surface area (Å²) in [6, 6.07) is 17.7. The van der Waals surface area contributed by atoms with Crippen molar-refractivity contribution in [2.24, 2.45) is 0 Å². The number of fused-ring (bicyclic) bond motifs is 1. The Morgan fingerprint density at radius 2 is 1.74 bits per heavy atom. The molecule has 2 aliphatic rings. The second-order valence-electron chi connectivity index (χ2n) is 8.92. The van der Waals surface area contributed by atoms with Crippen LogP contribution in [0.1, 0.15) is 20.8 Å². The third kappa shape index (κ3) is 3.66. The Kier molecular flexibility index (Phi) is 5.15. The Bertz CT molecular complexity index is 1320. The fourth-order valence-corrected chi connectivity index (χ4v) is 4.93. The van der Waals surface area contributed by atoms with Crippen LogP contribution in [0.2, 0.25) is 0 Å². The first kappa shape index (κ1) is 20.7. The molecule has 0 atom stereocenters. The molecule has 4 aromatic rings. The molecule has 8 nitrogen and oxygen atoms in total. The van der Waals surface area contributed by atoms with Gasteiger partial charge in [0.2, 0.25) is 0 Å². The number of H-pyrrole nitrogens is 1. The van der Waals surface area contributed by atoms with Crippen LogP contribution in [0.5, 0.6) is 0 Å². The van der Waals surface area contributed by atoms with Gasteiger partial charge in [0, 0.05) is 74.9 Å². The molecule has 0 spiro atoms. The summed E-state index contributed by atoms with van der Waals surface area (Å²) in [5.74, 6) is 0.989. The number of likely N-dealkylation sites (tertiary alicyclic amines) is 1. The molecule has 2 saturated heterocycles. The topological polar surface area (TPSA) is 77.5 Å². The molecule has 0 bridgehead atoms. The van der Waals surface area contributed by atoms with Crippen LogP contribution >= 0.6 is 0 Å². The van der Waals surface area contributed by atoms with Crippen LogP contribution in [0.3, 0.4) is 0 Å². The van der Waals surface area contributed by atoms with Crippen molar-refractivity contribution < 1.29 is 9.59 Å². The van der Waals surface area contributed by atoms with Crippen LogP contribution in [-0.4, -0.2) is 86.4 Å². The molecule has 2 amide bonds. The number of aromatic amines is 1. The molecule has 34 heavy (non-hydrogen) atoms. The highest BCUT2D eigenvalue weighted by Crippen LogP contribution is 2.24. The molecule has 1 N–H and O–H groups in total. The zero-order chi connectivity index (χ0) is 23.1. The van der Waals surface area contributed by atoms with E-state index < -0.39 is 0 Å². The highest BCUT2D eigenvalue weighted by molar-refractivity contribution is 5.99. The molecule has 6 rings (SSSR count). The van der Waals surface area contributed by atoms with Crippen LogP contribution in [0, 0.1) is 0 Å². The lowest BCUT2D eigenvalue weighted by Crippen LogP contribution is -2.64. The summed E-state index contributed by atoms with van der Waals surface area (Å²) in [5.41, 5.74) is 2.38. The van der Waals surface area contributed by atoms with Crippen LogP contribution in [0.15, 0.2) is 73.2 Å². The number of nitrogens with zero attached hydrogens (tertiary/aromatic N) is 5. The molecule has 3 aromatic heterocycles. The summed E-state index contributed by atoms with van der Waals surface area (Å²) in [4.78, 5) is 39.2. The minimum absolute atomic E-state index is 0.0577. The molecule has 8 heteroatoms. The number of rotatable bonds is 4. The molecule has 0 aliphatic carbocycles. The van der Waals surface area contributed by atoms with Gasteiger partial charge in [-0.3, -0.25) is 14.5 Å². The van der Waals surface area contributed by atoms with Gasteiger partial charge < -0.3 is 19.4 Å². The van der Waals surface area contributed by atoms with Gasteiger partial charge in [0.05, 0.1) is 5.52 Å². The highest BCUT2D eigenvalue weighted by Gasteiger charge is 2.37. The average Bonchev–Trinajstić information content (AvgIpc) is 3.54. The largest absolute Gasteiger partial charge is 0.357 e. The number of hydrogen-bond acceptors (Lipinski definition) is 4. The van der Waals surface area contributed by atoms with E-state index in [0.717, 1.165) is 42.9 Å². The SMILES string of the molecule is O=C(c1ccc2c(ccn2-c2ccccn2)c1)N1CC(N2CCN(C(=O)c3ccc[nH]3)CC2)C1. The van der Waals surface area contributed by atoms with E-state index in [0.29, 0.717) is 30.4 Å². The van der Waals surface area contributed by atoms with Crippen LogP contribution in [0.4, 0.5) is 0 Å². The minimum atomic E-state index is 0.0577. The van der Waals surface area contributed by atoms with Gasteiger partial charge in [-0.2, -0.15) is 0 Å². The number of nitrogens with one attached hydrogen (secondary N) is 1. The lowest BCUT2D eigenvalue weighted by molar-refractivity contribution is 0.00844. The van der Waals surface area contributed by atoms with Crippen molar-refractivity contribution >= 4 is 22.7 Å². The number of piperazine rings is 1. The van der Waals surface area contributed by atoms with Crippen molar-refractivity contribution in [1.82, 2.24) is 29.2 Å². The fraction of sp³-hybridized carbons (Fsp3) is 0.269. The van der Waals surface area contributed by atoms with Crippen molar-refractivity contribution in [1.29, 1.82) is 0 Å². The number of carbonyl (C=O) groups excluding carboxylic acids is 2. The number of carbonyl (C=O) groups is 2. The summed E-state index contributed by atoms with van der Waals surface area (Å²) in [7, 11) is 0. The molecule has 0 radical (unpaired) electrons. The van der Waals surface area contributed by atoms with Gasteiger partial charge in [-0.25, -0.2) is 4.98 Å². The normalized spacial score (nSPS) is 17.2. The number of hydrogen-bond donors (Lipinski definition) is 1. The second-order valence-corrected chi connectivity index (χ2v) is 8.92. The third-order valence-electron chi connectivity index (χ3n) is 6.93. The molecule has 0 unspecified atom stereocenters. The van der Waals surface area contributed by atoms with Crippen molar-refractivity contribution in [2.45, 2.75) is 6.04 Å². The molecule has 2 fully saturated rings. The van der Waals surface area contributed by atoms with Gasteiger partial charge in [-0.05, 0) is 48.5 Å². The summed E-state index contributed by atoms with van der Waals surface area (Å²) in [6.07, 6.45) is 5.54. The second kappa shape index (κ2) is 8.46. The monoisotopic (exact) mass is 454 g/mol. The maximum Gasteiger partial charge on any atom is 0.270 e. The van der Waals surface area contributed by atoms with Crippen molar-refractivity contribution in [2.75, 3.05) is 39.3 Å². The van der Waals surface area contributed by atoms with Gasteiger partial charge in [-0.1, -0.05) is 6.07 Å². The first-order chi connectivity index (χ1) is 16.7. The lowest BCUT2D eigenvalue weighted by atomic mass is 10.0. The van der Waals surface area contributed by atoms with Crippen molar-refractivity contribution in [3.8, 4) is 5.82 Å². The predicted molar refractivity (Wildman–Crippen MR) is 129 cm³/mol. The zero-order valence-corrected chi connectivity index (χ0v) is 18.8. The van der Waals surface area contributed by atoms with E-state index in [9.17, 15) is 9.59 Å². The van der Waals surface area contributed by atoms with Crippen molar-refractivity contribution in [3.05, 3.63) is 84.4 Å². The van der Waals surface area contributed by atoms with E-state index in [4.69, 9.17) is 0 Å². The van der Waals surface area contributed by atoms with E-state index in [1.165, 1.54) is 0 Å². The molecule has 2 aliphatic heterocycles. The predicted octanol–water partition coefficient (Wildman–Crippen LogP) is 2.64. The first-order valence-corrected chi connectivity index (χ1v) is 11.7. The summed E-state index contributed by atoms with van der Waals surface area (Å²) in [6.45, 7) is 4.57. The number of amides is 2. The molecular weight excluding hydrogens is 428 g/mol. The maximum atomic E-state index is 13.1. The Morgan fingerprint density at radius 1 is 0.882 bits per heavy atom. The van der Waals surface area contributed by atoms with E-state index in [2.05, 4.69) is 14.9 Å². The molecule has 172 valence electrons. The van der Waals surface area contributed by atoms with E-state index in [1.807, 2.05) is 75.2 Å². The van der Waals surface area contributed by atoms with Crippen LogP contribution in [0.25, 0.3) is 16.7 Å². The molecule has 5 heterocycles. The maximum absolute atomic E-state index is 13.1. The Balaban J connectivity index is 1.06. The lowest BCUT2D eigenvalue weighted by Gasteiger charge is -2.48. The van der Waals surface area contributed by atoms with Crippen molar-refractivity contribution in [3.63, 3.8) is 0 Å². The zero-order valence-electron chi connectivity index (χ0n) is 18.8. The van der Waals surface area contributed by atoms with Gasteiger partial charge in [-0.15, -0.1) is 0 Å². The third-order valence-corrected chi connectivity index (χ3v) is 6.93. The summed E-state index contributed by atoms with van der Waals surface area (Å²) >= 11 is 0. The first-order valence-electron chi connectivity index (χ1n) is 11.7. The minimum Gasteiger partial charge on any atom is -0.357 e. The summed E-state index contributed by atoms with van der Waals surface area (Å²) in [5, 5.41) is 1.02. The van der Waals surface area contributed by atoms with E-state index in [-0.39, 0.29) is 11.8 Å². The number of aromatic nitrogens is 3.